The Kier molecular flexibility index (Phi) is 4.33. The molecule has 0 fully saturated rings. The van der Waals surface area contributed by atoms with E-state index in [9.17, 15) is 0 Å². The molecule has 0 amide bonds. The first-order valence-corrected chi connectivity index (χ1v) is 9.13. The zero-order valence-electron chi connectivity index (χ0n) is 14.0. The SMILES string of the molecule is CN(Cc1ccccc1-c1c[nH]c2ccc(Br)cc12)c1ccccc1. The van der Waals surface area contributed by atoms with Gasteiger partial charge in [0, 0.05) is 46.4 Å². The van der Waals surface area contributed by atoms with Gasteiger partial charge in [-0.15, -0.1) is 0 Å². The van der Waals surface area contributed by atoms with E-state index < -0.39 is 0 Å². The number of anilines is 1. The van der Waals surface area contributed by atoms with Gasteiger partial charge in [0.1, 0.15) is 0 Å². The highest BCUT2D eigenvalue weighted by atomic mass is 79.9. The zero-order valence-corrected chi connectivity index (χ0v) is 15.6. The minimum atomic E-state index is 0.862. The van der Waals surface area contributed by atoms with Crippen LogP contribution in [0.4, 0.5) is 5.69 Å². The number of nitrogens with one attached hydrogen (secondary N) is 1. The van der Waals surface area contributed by atoms with Gasteiger partial charge in [0.05, 0.1) is 0 Å². The van der Waals surface area contributed by atoms with Gasteiger partial charge in [0.25, 0.3) is 0 Å². The minimum absolute atomic E-state index is 0.862. The molecule has 0 saturated carbocycles. The van der Waals surface area contributed by atoms with Gasteiger partial charge in [-0.2, -0.15) is 0 Å². The van der Waals surface area contributed by atoms with E-state index in [0.717, 1.165) is 16.5 Å². The van der Waals surface area contributed by atoms with Crippen LogP contribution in [0.1, 0.15) is 5.56 Å². The van der Waals surface area contributed by atoms with Crippen molar-refractivity contribution >= 4 is 32.5 Å². The first-order valence-electron chi connectivity index (χ1n) is 8.33. The Hall–Kier alpha value is -2.52. The molecule has 124 valence electrons. The maximum Gasteiger partial charge on any atom is 0.0461 e. The van der Waals surface area contributed by atoms with Crippen molar-refractivity contribution in [2.75, 3.05) is 11.9 Å². The second kappa shape index (κ2) is 6.77. The van der Waals surface area contributed by atoms with Crippen LogP contribution in [0.5, 0.6) is 0 Å². The molecule has 0 bridgehead atoms. The first kappa shape index (κ1) is 16.0. The van der Waals surface area contributed by atoms with Gasteiger partial charge in [0.15, 0.2) is 0 Å². The predicted molar refractivity (Wildman–Crippen MR) is 110 cm³/mol. The molecular formula is C22H19BrN2. The van der Waals surface area contributed by atoms with Gasteiger partial charge >= 0.3 is 0 Å². The maximum absolute atomic E-state index is 3.59. The largest absolute Gasteiger partial charge is 0.370 e. The molecule has 3 aromatic carbocycles. The quantitative estimate of drug-likeness (QED) is 0.437. The highest BCUT2D eigenvalue weighted by molar-refractivity contribution is 9.10. The van der Waals surface area contributed by atoms with Crippen LogP contribution >= 0.6 is 15.9 Å². The fourth-order valence-electron chi connectivity index (χ4n) is 3.27. The van der Waals surface area contributed by atoms with Crippen molar-refractivity contribution in [2.24, 2.45) is 0 Å². The number of aromatic nitrogens is 1. The number of H-pyrrole nitrogens is 1. The topological polar surface area (TPSA) is 19.0 Å². The number of halogens is 1. The zero-order chi connectivity index (χ0) is 17.2. The van der Waals surface area contributed by atoms with Gasteiger partial charge in [-0.3, -0.25) is 0 Å². The summed E-state index contributed by atoms with van der Waals surface area (Å²) in [5.41, 5.74) is 6.21. The third-order valence-electron chi connectivity index (χ3n) is 4.56. The number of para-hydroxylation sites is 1. The molecule has 1 heterocycles. The number of rotatable bonds is 4. The Bertz CT molecular complexity index is 1000. The van der Waals surface area contributed by atoms with Gasteiger partial charge < -0.3 is 9.88 Å². The average Bonchev–Trinajstić information content (AvgIpc) is 3.06. The maximum atomic E-state index is 3.59. The second-order valence-corrected chi connectivity index (χ2v) is 7.16. The molecule has 0 aliphatic heterocycles. The van der Waals surface area contributed by atoms with Crippen molar-refractivity contribution < 1.29 is 0 Å². The van der Waals surface area contributed by atoms with Gasteiger partial charge in [-0.1, -0.05) is 58.4 Å². The van der Waals surface area contributed by atoms with Gasteiger partial charge in [-0.05, 0) is 41.5 Å². The Labute approximate surface area is 156 Å². The third-order valence-corrected chi connectivity index (χ3v) is 5.05. The fraction of sp³-hybridized carbons (Fsp3) is 0.0909. The molecule has 1 aromatic heterocycles. The summed E-state index contributed by atoms with van der Waals surface area (Å²) in [6, 6.07) is 25.5. The second-order valence-electron chi connectivity index (χ2n) is 6.24. The van der Waals surface area contributed by atoms with Crippen LogP contribution in [0.15, 0.2) is 83.5 Å². The molecular weight excluding hydrogens is 372 g/mol. The van der Waals surface area contributed by atoms with E-state index in [4.69, 9.17) is 0 Å². The molecule has 4 aromatic rings. The predicted octanol–water partition coefficient (Wildman–Crippen LogP) is 6.23. The normalized spacial score (nSPS) is 11.0. The van der Waals surface area contributed by atoms with E-state index in [0.29, 0.717) is 0 Å². The standard InChI is InChI=1S/C22H19BrN2/c1-25(18-8-3-2-4-9-18)15-16-7-5-6-10-19(16)21-14-24-22-12-11-17(23)13-20(21)22/h2-14,24H,15H2,1H3. The number of benzene rings is 3. The lowest BCUT2D eigenvalue weighted by atomic mass is 9.99. The molecule has 2 nitrogen and oxygen atoms in total. The first-order chi connectivity index (χ1) is 12.2. The van der Waals surface area contributed by atoms with Crippen molar-refractivity contribution in [3.63, 3.8) is 0 Å². The van der Waals surface area contributed by atoms with Gasteiger partial charge in [-0.25, -0.2) is 0 Å². The summed E-state index contributed by atoms with van der Waals surface area (Å²) < 4.78 is 1.10. The van der Waals surface area contributed by atoms with Crippen molar-refractivity contribution in [1.82, 2.24) is 4.98 Å². The molecule has 0 spiro atoms. The van der Waals surface area contributed by atoms with E-state index in [2.05, 4.69) is 112 Å². The molecule has 25 heavy (non-hydrogen) atoms. The summed E-state index contributed by atoms with van der Waals surface area (Å²) in [4.78, 5) is 5.67. The van der Waals surface area contributed by atoms with E-state index >= 15 is 0 Å². The van der Waals surface area contributed by atoms with Crippen molar-refractivity contribution in [3.05, 3.63) is 89.0 Å². The Morgan fingerprint density at radius 2 is 1.64 bits per heavy atom. The number of fused-ring (bicyclic) bond motifs is 1. The van der Waals surface area contributed by atoms with E-state index in [1.54, 1.807) is 0 Å². The molecule has 0 unspecified atom stereocenters. The lowest BCUT2D eigenvalue weighted by Gasteiger charge is -2.21. The van der Waals surface area contributed by atoms with E-state index in [1.165, 1.54) is 27.8 Å². The van der Waals surface area contributed by atoms with Crippen LogP contribution in [0.2, 0.25) is 0 Å². The highest BCUT2D eigenvalue weighted by Crippen LogP contribution is 2.33. The van der Waals surface area contributed by atoms with Crippen LogP contribution < -0.4 is 4.90 Å². The van der Waals surface area contributed by atoms with E-state index in [1.807, 2.05) is 0 Å². The highest BCUT2D eigenvalue weighted by Gasteiger charge is 2.12. The lowest BCUT2D eigenvalue weighted by molar-refractivity contribution is 0.925. The molecule has 3 heteroatoms. The number of aromatic amines is 1. The van der Waals surface area contributed by atoms with Crippen LogP contribution in [-0.2, 0) is 6.54 Å². The minimum Gasteiger partial charge on any atom is -0.370 e. The summed E-state index contributed by atoms with van der Waals surface area (Å²) >= 11 is 3.59. The Balaban J connectivity index is 1.75. The Morgan fingerprint density at radius 3 is 2.48 bits per heavy atom. The smallest absolute Gasteiger partial charge is 0.0461 e. The average molecular weight is 391 g/mol. The molecule has 1 N–H and O–H groups in total. The number of hydrogen-bond acceptors (Lipinski definition) is 1. The van der Waals surface area contributed by atoms with Crippen molar-refractivity contribution in [1.29, 1.82) is 0 Å². The van der Waals surface area contributed by atoms with Crippen LogP contribution in [0.25, 0.3) is 22.0 Å². The number of nitrogens with zero attached hydrogens (tertiary/aromatic N) is 1. The molecule has 0 aliphatic carbocycles. The summed E-state index contributed by atoms with van der Waals surface area (Å²) in [6.45, 7) is 0.862. The Morgan fingerprint density at radius 1 is 0.880 bits per heavy atom. The van der Waals surface area contributed by atoms with Crippen molar-refractivity contribution in [3.8, 4) is 11.1 Å². The molecule has 0 aliphatic rings. The van der Waals surface area contributed by atoms with Crippen LogP contribution in [0, 0.1) is 0 Å². The number of hydrogen-bond donors (Lipinski definition) is 1. The lowest BCUT2D eigenvalue weighted by Crippen LogP contribution is -2.16. The molecule has 4 rings (SSSR count). The van der Waals surface area contributed by atoms with E-state index in [-0.39, 0.29) is 0 Å². The molecule has 0 radical (unpaired) electrons. The summed E-state index contributed by atoms with van der Waals surface area (Å²) in [6.07, 6.45) is 2.11. The molecule has 0 saturated heterocycles. The molecule has 0 atom stereocenters. The van der Waals surface area contributed by atoms with Crippen molar-refractivity contribution in [2.45, 2.75) is 6.54 Å². The summed E-state index contributed by atoms with van der Waals surface area (Å²) in [7, 11) is 2.14. The summed E-state index contributed by atoms with van der Waals surface area (Å²) in [5.74, 6) is 0. The summed E-state index contributed by atoms with van der Waals surface area (Å²) in [5, 5.41) is 1.24. The van der Waals surface area contributed by atoms with Gasteiger partial charge in [0.2, 0.25) is 0 Å². The van der Waals surface area contributed by atoms with Crippen LogP contribution in [-0.4, -0.2) is 12.0 Å². The third kappa shape index (κ3) is 3.20. The fourth-order valence-corrected chi connectivity index (χ4v) is 3.63. The monoisotopic (exact) mass is 390 g/mol. The van der Waals surface area contributed by atoms with Crippen LogP contribution in [0.3, 0.4) is 0 Å².